The van der Waals surface area contributed by atoms with Crippen LogP contribution in [-0.4, -0.2) is 10.9 Å². The van der Waals surface area contributed by atoms with Gasteiger partial charge in [-0.25, -0.2) is 4.98 Å². The SMILES string of the molecule is Cc1cc(C(=O)Nc2ccc(Oc3ccc(Br)cc3)cc2)c(N)nc1F. The molecule has 26 heavy (non-hydrogen) atoms. The van der Waals surface area contributed by atoms with Gasteiger partial charge in [-0.05, 0) is 61.5 Å². The Morgan fingerprint density at radius 1 is 1.12 bits per heavy atom. The van der Waals surface area contributed by atoms with E-state index in [0.29, 0.717) is 17.2 Å². The van der Waals surface area contributed by atoms with Crippen LogP contribution in [0.25, 0.3) is 0 Å². The summed E-state index contributed by atoms with van der Waals surface area (Å²) >= 11 is 3.37. The summed E-state index contributed by atoms with van der Waals surface area (Å²) in [6, 6.07) is 15.7. The van der Waals surface area contributed by atoms with Crippen molar-refractivity contribution in [1.82, 2.24) is 4.98 Å². The molecule has 0 aliphatic heterocycles. The van der Waals surface area contributed by atoms with Gasteiger partial charge in [-0.2, -0.15) is 4.39 Å². The highest BCUT2D eigenvalue weighted by Gasteiger charge is 2.14. The molecule has 1 amide bonds. The van der Waals surface area contributed by atoms with Crippen molar-refractivity contribution in [3.63, 3.8) is 0 Å². The number of amides is 1. The zero-order valence-electron chi connectivity index (χ0n) is 13.8. The molecule has 7 heteroatoms. The number of aromatic nitrogens is 1. The summed E-state index contributed by atoms with van der Waals surface area (Å²) < 4.78 is 20.0. The lowest BCUT2D eigenvalue weighted by molar-refractivity contribution is 0.102. The minimum absolute atomic E-state index is 0.124. The molecule has 1 aromatic heterocycles. The lowest BCUT2D eigenvalue weighted by Gasteiger charge is -2.10. The van der Waals surface area contributed by atoms with Gasteiger partial charge in [-0.1, -0.05) is 15.9 Å². The van der Waals surface area contributed by atoms with E-state index in [2.05, 4.69) is 26.2 Å². The zero-order valence-corrected chi connectivity index (χ0v) is 15.4. The minimum atomic E-state index is -0.687. The Labute approximate surface area is 158 Å². The van der Waals surface area contributed by atoms with Crippen molar-refractivity contribution < 1.29 is 13.9 Å². The molecule has 3 aromatic rings. The van der Waals surface area contributed by atoms with Crippen molar-refractivity contribution in [1.29, 1.82) is 0 Å². The van der Waals surface area contributed by atoms with E-state index in [4.69, 9.17) is 10.5 Å². The minimum Gasteiger partial charge on any atom is -0.457 e. The number of ether oxygens (including phenoxy) is 1. The van der Waals surface area contributed by atoms with Crippen LogP contribution in [-0.2, 0) is 0 Å². The highest BCUT2D eigenvalue weighted by molar-refractivity contribution is 9.10. The fraction of sp³-hybridized carbons (Fsp3) is 0.0526. The van der Waals surface area contributed by atoms with Gasteiger partial charge in [0.15, 0.2) is 0 Å². The second-order valence-electron chi connectivity index (χ2n) is 5.56. The number of pyridine rings is 1. The largest absolute Gasteiger partial charge is 0.457 e. The average Bonchev–Trinajstić information content (AvgIpc) is 2.61. The molecular formula is C19H15BrFN3O2. The number of nitrogen functional groups attached to an aromatic ring is 1. The number of benzene rings is 2. The molecule has 1 heterocycles. The second-order valence-corrected chi connectivity index (χ2v) is 6.48. The molecule has 0 saturated heterocycles. The summed E-state index contributed by atoms with van der Waals surface area (Å²) in [4.78, 5) is 15.8. The molecule has 5 nitrogen and oxygen atoms in total. The highest BCUT2D eigenvalue weighted by atomic mass is 79.9. The number of carbonyl (C=O) groups excluding carboxylic acids is 1. The number of nitrogens with zero attached hydrogens (tertiary/aromatic N) is 1. The van der Waals surface area contributed by atoms with E-state index < -0.39 is 11.9 Å². The molecule has 0 spiro atoms. The van der Waals surface area contributed by atoms with Gasteiger partial charge in [0.05, 0.1) is 5.56 Å². The van der Waals surface area contributed by atoms with Crippen LogP contribution in [0.1, 0.15) is 15.9 Å². The third-order valence-electron chi connectivity index (χ3n) is 3.59. The molecule has 0 radical (unpaired) electrons. The molecule has 3 N–H and O–H groups in total. The van der Waals surface area contributed by atoms with Crippen LogP contribution in [0, 0.1) is 12.9 Å². The summed E-state index contributed by atoms with van der Waals surface area (Å²) in [6.07, 6.45) is 0. The maximum absolute atomic E-state index is 13.4. The van der Waals surface area contributed by atoms with Gasteiger partial charge >= 0.3 is 0 Å². The summed E-state index contributed by atoms with van der Waals surface area (Å²) in [5, 5.41) is 2.70. The molecule has 0 unspecified atom stereocenters. The fourth-order valence-corrected chi connectivity index (χ4v) is 2.49. The maximum atomic E-state index is 13.4. The second kappa shape index (κ2) is 7.53. The maximum Gasteiger partial charge on any atom is 0.259 e. The topological polar surface area (TPSA) is 77.2 Å². The van der Waals surface area contributed by atoms with Gasteiger partial charge in [0, 0.05) is 15.7 Å². The Balaban J connectivity index is 1.70. The standard InChI is InChI=1S/C19H15BrFN3O2/c1-11-10-16(18(22)24-17(11)21)19(25)23-13-4-8-15(9-5-13)26-14-6-2-12(20)3-7-14/h2-10H,1H3,(H2,22,24)(H,23,25). The van der Waals surface area contributed by atoms with Gasteiger partial charge in [0.2, 0.25) is 5.95 Å². The molecule has 0 fully saturated rings. The van der Waals surface area contributed by atoms with Gasteiger partial charge in [-0.15, -0.1) is 0 Å². The average molecular weight is 416 g/mol. The van der Waals surface area contributed by atoms with Crippen LogP contribution >= 0.6 is 15.9 Å². The molecule has 3 rings (SSSR count). The molecule has 2 aromatic carbocycles. The first-order chi connectivity index (χ1) is 12.4. The van der Waals surface area contributed by atoms with Crippen LogP contribution in [0.15, 0.2) is 59.1 Å². The predicted molar refractivity (Wildman–Crippen MR) is 102 cm³/mol. The number of rotatable bonds is 4. The monoisotopic (exact) mass is 415 g/mol. The van der Waals surface area contributed by atoms with Crippen molar-refractivity contribution in [2.45, 2.75) is 6.92 Å². The first kappa shape index (κ1) is 17.9. The van der Waals surface area contributed by atoms with Crippen LogP contribution < -0.4 is 15.8 Å². The highest BCUT2D eigenvalue weighted by Crippen LogP contribution is 2.25. The Morgan fingerprint density at radius 3 is 2.31 bits per heavy atom. The third kappa shape index (κ3) is 4.18. The summed E-state index contributed by atoms with van der Waals surface area (Å²) in [7, 11) is 0. The van der Waals surface area contributed by atoms with Crippen molar-refractivity contribution >= 4 is 33.3 Å². The Hall–Kier alpha value is -2.93. The fourth-order valence-electron chi connectivity index (χ4n) is 2.23. The predicted octanol–water partition coefficient (Wildman–Crippen LogP) is 4.92. The van der Waals surface area contributed by atoms with Gasteiger partial charge in [0.25, 0.3) is 5.91 Å². The van der Waals surface area contributed by atoms with Crippen molar-refractivity contribution in [3.8, 4) is 11.5 Å². The molecule has 0 bridgehead atoms. The van der Waals surface area contributed by atoms with E-state index in [-0.39, 0.29) is 16.9 Å². The lowest BCUT2D eigenvalue weighted by atomic mass is 10.1. The molecule has 0 atom stereocenters. The molecule has 132 valence electrons. The third-order valence-corrected chi connectivity index (χ3v) is 4.12. The van der Waals surface area contributed by atoms with Crippen molar-refractivity contribution in [2.75, 3.05) is 11.1 Å². The number of anilines is 2. The number of nitrogens with two attached hydrogens (primary N) is 1. The number of hydrogen-bond acceptors (Lipinski definition) is 4. The van der Waals surface area contributed by atoms with Crippen molar-refractivity contribution in [3.05, 3.63) is 76.1 Å². The van der Waals surface area contributed by atoms with E-state index >= 15 is 0 Å². The quantitative estimate of drug-likeness (QED) is 0.592. The van der Waals surface area contributed by atoms with E-state index in [9.17, 15) is 9.18 Å². The molecule has 0 aliphatic carbocycles. The summed E-state index contributed by atoms with van der Waals surface area (Å²) in [5.41, 5.74) is 6.56. The Kier molecular flexibility index (Phi) is 5.18. The van der Waals surface area contributed by atoms with E-state index in [0.717, 1.165) is 4.47 Å². The van der Waals surface area contributed by atoms with E-state index in [1.54, 1.807) is 24.3 Å². The van der Waals surface area contributed by atoms with Crippen molar-refractivity contribution in [2.24, 2.45) is 0 Å². The lowest BCUT2D eigenvalue weighted by Crippen LogP contribution is -2.16. The Bertz CT molecular complexity index is 944. The number of hydrogen-bond donors (Lipinski definition) is 2. The zero-order chi connectivity index (χ0) is 18.7. The van der Waals surface area contributed by atoms with Crippen LogP contribution in [0.5, 0.6) is 11.5 Å². The normalized spacial score (nSPS) is 10.4. The number of nitrogens with one attached hydrogen (secondary N) is 1. The number of carbonyl (C=O) groups is 1. The van der Waals surface area contributed by atoms with Gasteiger partial charge in [-0.3, -0.25) is 4.79 Å². The molecular weight excluding hydrogens is 401 g/mol. The van der Waals surface area contributed by atoms with Crippen LogP contribution in [0.4, 0.5) is 15.9 Å². The van der Waals surface area contributed by atoms with Gasteiger partial charge < -0.3 is 15.8 Å². The Morgan fingerprint density at radius 2 is 1.69 bits per heavy atom. The smallest absolute Gasteiger partial charge is 0.259 e. The van der Waals surface area contributed by atoms with Crippen LogP contribution in [0.3, 0.4) is 0 Å². The summed E-state index contributed by atoms with van der Waals surface area (Å²) in [6.45, 7) is 1.52. The van der Waals surface area contributed by atoms with E-state index in [1.807, 2.05) is 24.3 Å². The van der Waals surface area contributed by atoms with E-state index in [1.165, 1.54) is 13.0 Å². The first-order valence-electron chi connectivity index (χ1n) is 7.70. The molecule has 0 saturated carbocycles. The number of halogens is 2. The molecule has 0 aliphatic rings. The summed E-state index contributed by atoms with van der Waals surface area (Å²) in [5.74, 6) is 0.0312. The van der Waals surface area contributed by atoms with Gasteiger partial charge in [0.1, 0.15) is 17.3 Å². The first-order valence-corrected chi connectivity index (χ1v) is 8.49. The van der Waals surface area contributed by atoms with Crippen LogP contribution in [0.2, 0.25) is 0 Å². The number of aryl methyl sites for hydroxylation is 1.